The number of alkyl halides is 3. The molecule has 0 saturated heterocycles. The molecule has 29 heavy (non-hydrogen) atoms. The first-order chi connectivity index (χ1) is 13.7. The maximum Gasteiger partial charge on any atom is 0.416 e. The standard InChI is InChI=1S/C19H21F3N2O5/c1-27-16-7-13(8-17(9-16)28-2)24-18(26)23-10-14(25)11-29-15-5-3-4-12(6-15)19(20,21)22/h3-9,14,25H,10-11H2,1-2H3,(H2,23,24,26). The molecular weight excluding hydrogens is 393 g/mol. The molecule has 7 nitrogen and oxygen atoms in total. The number of aliphatic hydroxyl groups is 1. The lowest BCUT2D eigenvalue weighted by molar-refractivity contribution is -0.137. The van der Waals surface area contributed by atoms with Crippen LogP contribution in [0.15, 0.2) is 42.5 Å². The third-order valence-corrected chi connectivity index (χ3v) is 3.71. The zero-order chi connectivity index (χ0) is 21.4. The molecule has 0 spiro atoms. The van der Waals surface area contributed by atoms with Crippen LogP contribution in [0, 0.1) is 0 Å². The molecule has 1 unspecified atom stereocenters. The predicted octanol–water partition coefficient (Wildman–Crippen LogP) is 3.28. The number of carbonyl (C=O) groups excluding carboxylic acids is 1. The molecule has 0 aliphatic rings. The van der Waals surface area contributed by atoms with Crippen molar-refractivity contribution in [1.82, 2.24) is 5.32 Å². The number of aliphatic hydroxyl groups excluding tert-OH is 1. The van der Waals surface area contributed by atoms with Crippen molar-refractivity contribution < 1.29 is 37.3 Å². The minimum atomic E-state index is -4.49. The summed E-state index contributed by atoms with van der Waals surface area (Å²) in [6, 6.07) is 8.50. The van der Waals surface area contributed by atoms with E-state index in [0.717, 1.165) is 12.1 Å². The van der Waals surface area contributed by atoms with Gasteiger partial charge in [0.2, 0.25) is 0 Å². The summed E-state index contributed by atoms with van der Waals surface area (Å²) in [6.45, 7) is -0.472. The number of hydrogen-bond acceptors (Lipinski definition) is 5. The number of hydrogen-bond donors (Lipinski definition) is 3. The fourth-order valence-electron chi connectivity index (χ4n) is 2.28. The van der Waals surface area contributed by atoms with Crippen LogP contribution in [0.3, 0.4) is 0 Å². The smallest absolute Gasteiger partial charge is 0.416 e. The van der Waals surface area contributed by atoms with Crippen molar-refractivity contribution in [3.63, 3.8) is 0 Å². The highest BCUT2D eigenvalue weighted by atomic mass is 19.4. The average Bonchev–Trinajstić information content (AvgIpc) is 2.70. The van der Waals surface area contributed by atoms with E-state index < -0.39 is 23.9 Å². The van der Waals surface area contributed by atoms with Crippen LogP contribution in [0.25, 0.3) is 0 Å². The molecule has 2 aromatic rings. The van der Waals surface area contributed by atoms with Gasteiger partial charge in [0.15, 0.2) is 0 Å². The molecule has 3 N–H and O–H groups in total. The van der Waals surface area contributed by atoms with Crippen molar-refractivity contribution >= 4 is 11.7 Å². The zero-order valence-corrected chi connectivity index (χ0v) is 15.7. The second kappa shape index (κ2) is 9.87. The van der Waals surface area contributed by atoms with Crippen LogP contribution in [0.2, 0.25) is 0 Å². The Balaban J connectivity index is 1.82. The topological polar surface area (TPSA) is 89.1 Å². The Hall–Kier alpha value is -3.14. The molecule has 2 aromatic carbocycles. The van der Waals surface area contributed by atoms with E-state index >= 15 is 0 Å². The summed E-state index contributed by atoms with van der Waals surface area (Å²) >= 11 is 0. The van der Waals surface area contributed by atoms with Crippen molar-refractivity contribution in [2.24, 2.45) is 0 Å². The number of ether oxygens (including phenoxy) is 3. The fraction of sp³-hybridized carbons (Fsp3) is 0.316. The first kappa shape index (κ1) is 22.2. The molecule has 10 heteroatoms. The molecule has 2 amide bonds. The Bertz CT molecular complexity index is 807. The second-order valence-corrected chi connectivity index (χ2v) is 5.93. The van der Waals surface area contributed by atoms with Gasteiger partial charge in [-0.05, 0) is 18.2 Å². The summed E-state index contributed by atoms with van der Waals surface area (Å²) in [6.07, 6.45) is -5.62. The molecule has 2 rings (SSSR count). The highest BCUT2D eigenvalue weighted by Crippen LogP contribution is 2.31. The van der Waals surface area contributed by atoms with E-state index in [2.05, 4.69) is 10.6 Å². The van der Waals surface area contributed by atoms with Gasteiger partial charge in [0, 0.05) is 30.4 Å². The van der Waals surface area contributed by atoms with E-state index in [1.54, 1.807) is 18.2 Å². The molecule has 158 valence electrons. The quantitative estimate of drug-likeness (QED) is 0.617. The third-order valence-electron chi connectivity index (χ3n) is 3.71. The van der Waals surface area contributed by atoms with Gasteiger partial charge in [0.05, 0.1) is 19.8 Å². The van der Waals surface area contributed by atoms with Crippen LogP contribution >= 0.6 is 0 Å². The number of anilines is 1. The van der Waals surface area contributed by atoms with E-state index in [1.165, 1.54) is 26.4 Å². The van der Waals surface area contributed by atoms with Crippen LogP contribution in [0.1, 0.15) is 5.56 Å². The molecule has 0 aliphatic carbocycles. The van der Waals surface area contributed by atoms with Gasteiger partial charge < -0.3 is 30.0 Å². The highest BCUT2D eigenvalue weighted by molar-refractivity contribution is 5.89. The summed E-state index contributed by atoms with van der Waals surface area (Å²) in [5.41, 5.74) is -0.441. The normalized spacial score (nSPS) is 12.1. The number of rotatable bonds is 8. The molecular formula is C19H21F3N2O5. The third kappa shape index (κ3) is 7.07. The summed E-state index contributed by atoms with van der Waals surface area (Å²) in [4.78, 5) is 12.0. The number of urea groups is 1. The van der Waals surface area contributed by atoms with E-state index in [9.17, 15) is 23.1 Å². The largest absolute Gasteiger partial charge is 0.497 e. The summed E-state index contributed by atoms with van der Waals surface area (Å²) < 4.78 is 53.4. The second-order valence-electron chi connectivity index (χ2n) is 5.93. The number of carbonyl (C=O) groups is 1. The molecule has 1 atom stereocenters. The van der Waals surface area contributed by atoms with Crippen molar-refractivity contribution in [1.29, 1.82) is 0 Å². The summed E-state index contributed by atoms with van der Waals surface area (Å²) in [7, 11) is 2.94. The van der Waals surface area contributed by atoms with Gasteiger partial charge in [0.1, 0.15) is 30.0 Å². The molecule has 0 aromatic heterocycles. The SMILES string of the molecule is COc1cc(NC(=O)NCC(O)COc2cccc(C(F)(F)F)c2)cc(OC)c1. The van der Waals surface area contributed by atoms with Gasteiger partial charge in [-0.1, -0.05) is 6.07 Å². The van der Waals surface area contributed by atoms with Crippen molar-refractivity contribution in [2.75, 3.05) is 32.7 Å². The lowest BCUT2D eigenvalue weighted by atomic mass is 10.2. The van der Waals surface area contributed by atoms with Gasteiger partial charge in [-0.25, -0.2) is 4.79 Å². The monoisotopic (exact) mass is 414 g/mol. The molecule has 0 radical (unpaired) electrons. The molecule has 0 bridgehead atoms. The van der Waals surface area contributed by atoms with Gasteiger partial charge in [-0.2, -0.15) is 13.2 Å². The Kier molecular flexibility index (Phi) is 7.54. The molecule has 0 fully saturated rings. The van der Waals surface area contributed by atoms with E-state index in [1.807, 2.05) is 0 Å². The fourth-order valence-corrected chi connectivity index (χ4v) is 2.28. The predicted molar refractivity (Wildman–Crippen MR) is 99.5 cm³/mol. The van der Waals surface area contributed by atoms with Crippen LogP contribution in [-0.2, 0) is 6.18 Å². The van der Waals surface area contributed by atoms with Crippen molar-refractivity contribution in [3.05, 3.63) is 48.0 Å². The van der Waals surface area contributed by atoms with Gasteiger partial charge in [0.25, 0.3) is 0 Å². The minimum absolute atomic E-state index is 0.0354. The Morgan fingerprint density at radius 1 is 1.07 bits per heavy atom. The average molecular weight is 414 g/mol. The summed E-state index contributed by atoms with van der Waals surface area (Å²) in [5.74, 6) is 0.926. The van der Waals surface area contributed by atoms with Gasteiger partial charge >= 0.3 is 12.2 Å². The Morgan fingerprint density at radius 3 is 2.31 bits per heavy atom. The minimum Gasteiger partial charge on any atom is -0.497 e. The molecule has 0 saturated carbocycles. The maximum atomic E-state index is 12.7. The lowest BCUT2D eigenvalue weighted by Crippen LogP contribution is -2.37. The van der Waals surface area contributed by atoms with Crippen molar-refractivity contribution in [3.8, 4) is 17.2 Å². The number of nitrogens with one attached hydrogen (secondary N) is 2. The highest BCUT2D eigenvalue weighted by Gasteiger charge is 2.30. The molecule has 0 aliphatic heterocycles. The lowest BCUT2D eigenvalue weighted by Gasteiger charge is -2.15. The van der Waals surface area contributed by atoms with Gasteiger partial charge in [-0.3, -0.25) is 0 Å². The Labute approximate surface area is 165 Å². The Morgan fingerprint density at radius 2 is 1.72 bits per heavy atom. The number of amides is 2. The number of halogens is 3. The van der Waals surface area contributed by atoms with Crippen molar-refractivity contribution in [2.45, 2.75) is 12.3 Å². The van der Waals surface area contributed by atoms with Crippen LogP contribution in [0.5, 0.6) is 17.2 Å². The zero-order valence-electron chi connectivity index (χ0n) is 15.7. The first-order valence-corrected chi connectivity index (χ1v) is 8.47. The van der Waals surface area contributed by atoms with Gasteiger partial charge in [-0.15, -0.1) is 0 Å². The van der Waals surface area contributed by atoms with E-state index in [0.29, 0.717) is 17.2 Å². The van der Waals surface area contributed by atoms with Crippen LogP contribution in [0.4, 0.5) is 23.7 Å². The first-order valence-electron chi connectivity index (χ1n) is 8.47. The van der Waals surface area contributed by atoms with E-state index in [-0.39, 0.29) is 18.9 Å². The van der Waals surface area contributed by atoms with E-state index in [4.69, 9.17) is 14.2 Å². The summed E-state index contributed by atoms with van der Waals surface area (Å²) in [5, 5.41) is 14.9. The maximum absolute atomic E-state index is 12.7. The molecule has 0 heterocycles. The van der Waals surface area contributed by atoms with Crippen LogP contribution < -0.4 is 24.8 Å². The number of methoxy groups -OCH3 is 2. The van der Waals surface area contributed by atoms with Crippen LogP contribution in [-0.4, -0.2) is 44.6 Å². The number of benzene rings is 2.